The summed E-state index contributed by atoms with van der Waals surface area (Å²) >= 11 is 0. The second-order valence-electron chi connectivity index (χ2n) is 3.95. The predicted octanol–water partition coefficient (Wildman–Crippen LogP) is 2.15. The van der Waals surface area contributed by atoms with Crippen molar-refractivity contribution in [3.63, 3.8) is 0 Å². The minimum Gasteiger partial charge on any atom is -0.496 e. The fraction of sp³-hybridized carbons (Fsp3) is 0.308. The highest BCUT2D eigenvalue weighted by atomic mass is 16.5. The van der Waals surface area contributed by atoms with Gasteiger partial charge in [0.05, 0.1) is 12.7 Å². The van der Waals surface area contributed by atoms with E-state index in [9.17, 15) is 4.79 Å². The van der Waals surface area contributed by atoms with Gasteiger partial charge in [-0.25, -0.2) is 0 Å². The number of rotatable bonds is 6. The first-order valence-electron chi connectivity index (χ1n) is 5.88. The maximum Gasteiger partial charge on any atom is 0.303 e. The van der Waals surface area contributed by atoms with E-state index in [-0.39, 0.29) is 6.42 Å². The first-order valence-corrected chi connectivity index (χ1v) is 5.88. The van der Waals surface area contributed by atoms with E-state index >= 15 is 0 Å². The summed E-state index contributed by atoms with van der Waals surface area (Å²) in [6, 6.07) is 7.34. The Bertz CT molecular complexity index is 565. The van der Waals surface area contributed by atoms with Crippen molar-refractivity contribution >= 4 is 5.97 Å². The number of carbonyl (C=O) groups is 1. The lowest BCUT2D eigenvalue weighted by Gasteiger charge is -2.03. The molecule has 100 valence electrons. The van der Waals surface area contributed by atoms with Crippen LogP contribution in [-0.2, 0) is 11.2 Å². The van der Waals surface area contributed by atoms with Crippen molar-refractivity contribution in [2.45, 2.75) is 19.3 Å². The first kappa shape index (κ1) is 13.1. The second-order valence-corrected chi connectivity index (χ2v) is 3.95. The number of hydrogen-bond donors (Lipinski definition) is 1. The molecule has 1 aromatic carbocycles. The van der Waals surface area contributed by atoms with Crippen molar-refractivity contribution in [2.24, 2.45) is 0 Å². The Kier molecular flexibility index (Phi) is 4.12. The molecule has 0 saturated heterocycles. The van der Waals surface area contributed by atoms with Crippen LogP contribution < -0.4 is 4.74 Å². The van der Waals surface area contributed by atoms with Crippen molar-refractivity contribution in [3.8, 4) is 17.2 Å². The molecule has 6 nitrogen and oxygen atoms in total. The van der Waals surface area contributed by atoms with Crippen LogP contribution in [0.25, 0.3) is 11.5 Å². The number of carboxylic acids is 1. The van der Waals surface area contributed by atoms with Crippen LogP contribution in [0.1, 0.15) is 18.7 Å². The van der Waals surface area contributed by atoms with E-state index in [1.807, 2.05) is 24.3 Å². The number of hydrogen-bond acceptors (Lipinski definition) is 5. The number of aliphatic carboxylic acids is 1. The summed E-state index contributed by atoms with van der Waals surface area (Å²) < 4.78 is 10.7. The normalized spacial score (nSPS) is 10.4. The second kappa shape index (κ2) is 5.99. The Morgan fingerprint density at radius 2 is 2.16 bits per heavy atom. The maximum atomic E-state index is 10.4. The van der Waals surface area contributed by atoms with Crippen LogP contribution in [0.15, 0.2) is 28.7 Å². The zero-order valence-corrected chi connectivity index (χ0v) is 10.5. The minimum atomic E-state index is -0.829. The lowest BCUT2D eigenvalue weighted by Crippen LogP contribution is -1.95. The average molecular weight is 262 g/mol. The number of para-hydroxylation sites is 1. The molecule has 1 heterocycles. The quantitative estimate of drug-likeness (QED) is 0.858. The van der Waals surface area contributed by atoms with Gasteiger partial charge < -0.3 is 14.3 Å². The molecule has 0 aliphatic rings. The zero-order valence-electron chi connectivity index (χ0n) is 10.5. The molecule has 2 rings (SSSR count). The number of nitrogens with zero attached hydrogens (tertiary/aromatic N) is 2. The molecule has 1 N–H and O–H groups in total. The first-order chi connectivity index (χ1) is 9.20. The number of aryl methyl sites for hydroxylation is 1. The van der Waals surface area contributed by atoms with E-state index in [2.05, 4.69) is 10.2 Å². The molecule has 6 heteroatoms. The Morgan fingerprint density at radius 1 is 1.37 bits per heavy atom. The SMILES string of the molecule is COc1ccccc1-c1nnc(CCCC(=O)O)o1. The summed E-state index contributed by atoms with van der Waals surface area (Å²) in [5.74, 6) is 0.637. The van der Waals surface area contributed by atoms with E-state index in [1.54, 1.807) is 7.11 Å². The van der Waals surface area contributed by atoms with Crippen LogP contribution in [0.2, 0.25) is 0 Å². The monoisotopic (exact) mass is 262 g/mol. The topological polar surface area (TPSA) is 85.5 Å². The van der Waals surface area contributed by atoms with Crippen LogP contribution in [-0.4, -0.2) is 28.4 Å². The van der Waals surface area contributed by atoms with Gasteiger partial charge in [0.15, 0.2) is 0 Å². The van der Waals surface area contributed by atoms with Crippen LogP contribution in [0.5, 0.6) is 5.75 Å². The van der Waals surface area contributed by atoms with Crippen LogP contribution in [0, 0.1) is 0 Å². The molecule has 0 radical (unpaired) electrons. The van der Waals surface area contributed by atoms with Crippen LogP contribution >= 0.6 is 0 Å². The van der Waals surface area contributed by atoms with Crippen molar-refractivity contribution in [1.82, 2.24) is 10.2 Å². The summed E-state index contributed by atoms with van der Waals surface area (Å²) in [7, 11) is 1.57. The third-order valence-corrected chi connectivity index (χ3v) is 2.59. The smallest absolute Gasteiger partial charge is 0.303 e. The van der Waals surface area contributed by atoms with Crippen molar-refractivity contribution in [2.75, 3.05) is 7.11 Å². The van der Waals surface area contributed by atoms with Gasteiger partial charge in [-0.1, -0.05) is 12.1 Å². The summed E-state index contributed by atoms with van der Waals surface area (Å²) in [4.78, 5) is 10.4. The molecule has 19 heavy (non-hydrogen) atoms. The standard InChI is InChI=1S/C13H14N2O4/c1-18-10-6-3-2-5-9(10)13-15-14-11(19-13)7-4-8-12(16)17/h2-3,5-6H,4,7-8H2,1H3,(H,16,17). The summed E-state index contributed by atoms with van der Waals surface area (Å²) in [5.41, 5.74) is 0.724. The molecule has 0 bridgehead atoms. The molecular formula is C13H14N2O4. The van der Waals surface area contributed by atoms with Gasteiger partial charge >= 0.3 is 5.97 Å². The van der Waals surface area contributed by atoms with Gasteiger partial charge in [-0.3, -0.25) is 4.79 Å². The highest BCUT2D eigenvalue weighted by Crippen LogP contribution is 2.28. The van der Waals surface area contributed by atoms with Crippen LogP contribution in [0.3, 0.4) is 0 Å². The number of ether oxygens (including phenoxy) is 1. The third kappa shape index (κ3) is 3.31. The van der Waals surface area contributed by atoms with Gasteiger partial charge in [0.2, 0.25) is 5.89 Å². The minimum absolute atomic E-state index is 0.0897. The molecule has 0 aliphatic heterocycles. The van der Waals surface area contributed by atoms with E-state index in [0.717, 1.165) is 5.56 Å². The van der Waals surface area contributed by atoms with E-state index in [0.29, 0.717) is 30.4 Å². The zero-order chi connectivity index (χ0) is 13.7. The lowest BCUT2D eigenvalue weighted by atomic mass is 10.2. The highest BCUT2D eigenvalue weighted by Gasteiger charge is 2.12. The van der Waals surface area contributed by atoms with Gasteiger partial charge in [0.25, 0.3) is 5.89 Å². The average Bonchev–Trinajstić information content (AvgIpc) is 2.87. The molecule has 0 amide bonds. The predicted molar refractivity (Wildman–Crippen MR) is 66.9 cm³/mol. The fourth-order valence-corrected chi connectivity index (χ4v) is 1.68. The molecule has 0 fully saturated rings. The van der Waals surface area contributed by atoms with E-state index in [4.69, 9.17) is 14.3 Å². The molecule has 0 spiro atoms. The summed E-state index contributed by atoms with van der Waals surface area (Å²) in [5, 5.41) is 16.4. The molecular weight excluding hydrogens is 248 g/mol. The number of methoxy groups -OCH3 is 1. The van der Waals surface area contributed by atoms with Gasteiger partial charge in [-0.2, -0.15) is 0 Å². The Morgan fingerprint density at radius 3 is 2.89 bits per heavy atom. The molecule has 0 atom stereocenters. The number of benzene rings is 1. The molecule has 0 unspecified atom stereocenters. The van der Waals surface area contributed by atoms with Crippen molar-refractivity contribution in [3.05, 3.63) is 30.2 Å². The number of aromatic nitrogens is 2. The summed E-state index contributed by atoms with van der Waals surface area (Å²) in [6.45, 7) is 0. The molecule has 2 aromatic rings. The summed E-state index contributed by atoms with van der Waals surface area (Å²) in [6.07, 6.45) is 1.02. The van der Waals surface area contributed by atoms with E-state index < -0.39 is 5.97 Å². The highest BCUT2D eigenvalue weighted by molar-refractivity contribution is 5.66. The Hall–Kier alpha value is -2.37. The maximum absolute atomic E-state index is 10.4. The molecule has 0 aliphatic carbocycles. The van der Waals surface area contributed by atoms with Gasteiger partial charge in [-0.15, -0.1) is 10.2 Å². The largest absolute Gasteiger partial charge is 0.496 e. The van der Waals surface area contributed by atoms with Crippen molar-refractivity contribution in [1.29, 1.82) is 0 Å². The fourth-order valence-electron chi connectivity index (χ4n) is 1.68. The van der Waals surface area contributed by atoms with Gasteiger partial charge in [0, 0.05) is 12.8 Å². The molecule has 1 aromatic heterocycles. The van der Waals surface area contributed by atoms with Crippen molar-refractivity contribution < 1.29 is 19.1 Å². The van der Waals surface area contributed by atoms with Gasteiger partial charge in [-0.05, 0) is 18.6 Å². The Labute approximate surface area is 110 Å². The number of carboxylic acid groups (broad SMARTS) is 1. The third-order valence-electron chi connectivity index (χ3n) is 2.59. The van der Waals surface area contributed by atoms with E-state index in [1.165, 1.54) is 0 Å². The lowest BCUT2D eigenvalue weighted by molar-refractivity contribution is -0.137. The van der Waals surface area contributed by atoms with Crippen LogP contribution in [0.4, 0.5) is 0 Å². The molecule has 0 saturated carbocycles. The Balaban J connectivity index is 2.10. The van der Waals surface area contributed by atoms with Gasteiger partial charge in [0.1, 0.15) is 5.75 Å².